The Bertz CT molecular complexity index is 381. The zero-order valence-electron chi connectivity index (χ0n) is 10.6. The van der Waals surface area contributed by atoms with Gasteiger partial charge in [-0.1, -0.05) is 25.4 Å². The number of hydrogen-bond donors (Lipinski definition) is 0. The van der Waals surface area contributed by atoms with Gasteiger partial charge in [-0.05, 0) is 25.2 Å². The molecule has 1 unspecified atom stereocenters. The second-order valence-electron chi connectivity index (χ2n) is 4.91. The highest BCUT2D eigenvalue weighted by molar-refractivity contribution is 6.29. The predicted molar refractivity (Wildman–Crippen MR) is 71.6 cm³/mol. The van der Waals surface area contributed by atoms with E-state index in [1.54, 1.807) is 0 Å². The minimum atomic E-state index is 0.566. The number of anilines is 1. The van der Waals surface area contributed by atoms with Crippen LogP contribution in [0.1, 0.15) is 38.9 Å². The number of piperidine rings is 1. The van der Waals surface area contributed by atoms with E-state index in [2.05, 4.69) is 28.7 Å². The van der Waals surface area contributed by atoms with Gasteiger partial charge in [-0.15, -0.1) is 0 Å². The molecular weight excluding hydrogens is 234 g/mol. The van der Waals surface area contributed by atoms with Gasteiger partial charge < -0.3 is 4.90 Å². The van der Waals surface area contributed by atoms with E-state index in [4.69, 9.17) is 11.6 Å². The summed E-state index contributed by atoms with van der Waals surface area (Å²) in [7, 11) is 0. The lowest BCUT2D eigenvalue weighted by Crippen LogP contribution is -2.35. The third-order valence-corrected chi connectivity index (χ3v) is 3.38. The molecule has 0 spiro atoms. The smallest absolute Gasteiger partial charge is 0.134 e. The Kier molecular flexibility index (Phi) is 4.21. The molecule has 1 aromatic rings. The molecule has 1 saturated heterocycles. The molecule has 2 heterocycles. The molecule has 0 saturated carbocycles. The largest absolute Gasteiger partial charge is 0.356 e. The highest BCUT2D eigenvalue weighted by Gasteiger charge is 2.18. The average Bonchev–Trinajstić information content (AvgIpc) is 2.28. The van der Waals surface area contributed by atoms with Crippen LogP contribution in [0.4, 0.5) is 5.82 Å². The maximum absolute atomic E-state index is 6.06. The van der Waals surface area contributed by atoms with Crippen LogP contribution in [0, 0.1) is 5.92 Å². The molecule has 1 aliphatic heterocycles. The molecule has 1 atom stereocenters. The lowest BCUT2D eigenvalue weighted by molar-refractivity contribution is 0.444. The highest BCUT2D eigenvalue weighted by Crippen LogP contribution is 2.23. The Morgan fingerprint density at radius 2 is 2.29 bits per heavy atom. The van der Waals surface area contributed by atoms with Crippen molar-refractivity contribution >= 4 is 17.4 Å². The Morgan fingerprint density at radius 3 is 3.00 bits per heavy atom. The molecule has 94 valence electrons. The van der Waals surface area contributed by atoms with Gasteiger partial charge in [0.05, 0.1) is 0 Å². The van der Waals surface area contributed by atoms with Crippen LogP contribution in [0.3, 0.4) is 0 Å². The summed E-state index contributed by atoms with van der Waals surface area (Å²) >= 11 is 6.06. The first-order chi connectivity index (χ1) is 8.19. The molecular formula is C13H20ClN3. The zero-order valence-corrected chi connectivity index (χ0v) is 11.4. The van der Waals surface area contributed by atoms with Crippen molar-refractivity contribution in [1.82, 2.24) is 9.97 Å². The van der Waals surface area contributed by atoms with Crippen LogP contribution in [-0.2, 0) is 6.42 Å². The van der Waals surface area contributed by atoms with Crippen LogP contribution >= 0.6 is 11.6 Å². The quantitative estimate of drug-likeness (QED) is 0.774. The van der Waals surface area contributed by atoms with Crippen molar-refractivity contribution in [3.63, 3.8) is 0 Å². The van der Waals surface area contributed by atoms with Gasteiger partial charge in [0.2, 0.25) is 0 Å². The summed E-state index contributed by atoms with van der Waals surface area (Å²) in [5, 5.41) is 0.566. The first-order valence-corrected chi connectivity index (χ1v) is 6.85. The van der Waals surface area contributed by atoms with Crippen molar-refractivity contribution in [3.05, 3.63) is 17.0 Å². The fourth-order valence-corrected chi connectivity index (χ4v) is 2.54. The summed E-state index contributed by atoms with van der Waals surface area (Å²) in [6.45, 7) is 6.59. The summed E-state index contributed by atoms with van der Waals surface area (Å²) in [5.74, 6) is 2.61. The Morgan fingerprint density at radius 1 is 1.47 bits per heavy atom. The molecule has 0 N–H and O–H groups in total. The molecule has 4 heteroatoms. The Labute approximate surface area is 108 Å². The molecule has 1 aliphatic rings. The van der Waals surface area contributed by atoms with E-state index in [0.29, 0.717) is 5.15 Å². The van der Waals surface area contributed by atoms with Crippen LogP contribution in [0.2, 0.25) is 5.15 Å². The molecule has 1 aromatic heterocycles. The zero-order chi connectivity index (χ0) is 12.3. The second kappa shape index (κ2) is 5.67. The van der Waals surface area contributed by atoms with Gasteiger partial charge in [0.25, 0.3) is 0 Å². The fourth-order valence-electron chi connectivity index (χ4n) is 2.35. The van der Waals surface area contributed by atoms with E-state index >= 15 is 0 Å². The molecule has 0 bridgehead atoms. The second-order valence-corrected chi connectivity index (χ2v) is 5.30. The SMILES string of the molecule is CCCc1nc(Cl)cc(N2CCCC(C)C2)n1. The lowest BCUT2D eigenvalue weighted by atomic mass is 10.0. The minimum Gasteiger partial charge on any atom is -0.356 e. The van der Waals surface area contributed by atoms with E-state index in [1.807, 2.05) is 6.07 Å². The van der Waals surface area contributed by atoms with Crippen molar-refractivity contribution in [2.75, 3.05) is 18.0 Å². The van der Waals surface area contributed by atoms with E-state index in [-0.39, 0.29) is 0 Å². The normalized spacial score (nSPS) is 20.6. The van der Waals surface area contributed by atoms with Crippen molar-refractivity contribution in [3.8, 4) is 0 Å². The number of aryl methyl sites for hydroxylation is 1. The first-order valence-electron chi connectivity index (χ1n) is 6.47. The lowest BCUT2D eigenvalue weighted by Gasteiger charge is -2.32. The van der Waals surface area contributed by atoms with Crippen molar-refractivity contribution in [1.29, 1.82) is 0 Å². The van der Waals surface area contributed by atoms with Gasteiger partial charge >= 0.3 is 0 Å². The molecule has 2 rings (SSSR count). The van der Waals surface area contributed by atoms with Crippen LogP contribution in [-0.4, -0.2) is 23.1 Å². The molecule has 0 radical (unpaired) electrons. The number of hydrogen-bond acceptors (Lipinski definition) is 3. The van der Waals surface area contributed by atoms with E-state index in [9.17, 15) is 0 Å². The van der Waals surface area contributed by atoms with Crippen LogP contribution in [0.25, 0.3) is 0 Å². The Hall–Kier alpha value is -0.830. The van der Waals surface area contributed by atoms with Gasteiger partial charge in [0.1, 0.15) is 16.8 Å². The number of aromatic nitrogens is 2. The van der Waals surface area contributed by atoms with Crippen molar-refractivity contribution < 1.29 is 0 Å². The van der Waals surface area contributed by atoms with Crippen LogP contribution < -0.4 is 4.90 Å². The maximum Gasteiger partial charge on any atom is 0.134 e. The average molecular weight is 254 g/mol. The van der Waals surface area contributed by atoms with Crippen LogP contribution in [0.5, 0.6) is 0 Å². The number of nitrogens with zero attached hydrogens (tertiary/aromatic N) is 3. The molecule has 0 aromatic carbocycles. The van der Waals surface area contributed by atoms with E-state index < -0.39 is 0 Å². The van der Waals surface area contributed by atoms with E-state index in [0.717, 1.165) is 43.5 Å². The summed E-state index contributed by atoms with van der Waals surface area (Å²) in [5.41, 5.74) is 0. The molecule has 3 nitrogen and oxygen atoms in total. The summed E-state index contributed by atoms with van der Waals surface area (Å²) in [4.78, 5) is 11.2. The van der Waals surface area contributed by atoms with Gasteiger partial charge in [-0.3, -0.25) is 0 Å². The maximum atomic E-state index is 6.06. The topological polar surface area (TPSA) is 29.0 Å². The van der Waals surface area contributed by atoms with Crippen molar-refractivity contribution in [2.45, 2.75) is 39.5 Å². The van der Waals surface area contributed by atoms with Gasteiger partial charge in [0.15, 0.2) is 0 Å². The predicted octanol–water partition coefficient (Wildman–Crippen LogP) is 3.32. The standard InChI is InChI=1S/C13H20ClN3/c1-3-5-12-15-11(14)8-13(16-12)17-7-4-6-10(2)9-17/h8,10H,3-7,9H2,1-2H3. The molecule has 0 amide bonds. The van der Waals surface area contributed by atoms with Gasteiger partial charge in [-0.25, -0.2) is 9.97 Å². The van der Waals surface area contributed by atoms with Gasteiger partial charge in [-0.2, -0.15) is 0 Å². The molecule has 17 heavy (non-hydrogen) atoms. The van der Waals surface area contributed by atoms with Crippen molar-refractivity contribution in [2.24, 2.45) is 5.92 Å². The third-order valence-electron chi connectivity index (χ3n) is 3.18. The number of rotatable bonds is 3. The minimum absolute atomic E-state index is 0.566. The third kappa shape index (κ3) is 3.32. The molecule has 0 aliphatic carbocycles. The monoisotopic (exact) mass is 253 g/mol. The van der Waals surface area contributed by atoms with Crippen LogP contribution in [0.15, 0.2) is 6.07 Å². The highest BCUT2D eigenvalue weighted by atomic mass is 35.5. The summed E-state index contributed by atoms with van der Waals surface area (Å²) in [6, 6.07) is 1.89. The number of halogens is 1. The van der Waals surface area contributed by atoms with Gasteiger partial charge in [0, 0.05) is 25.6 Å². The summed E-state index contributed by atoms with van der Waals surface area (Å²) in [6.07, 6.45) is 4.51. The summed E-state index contributed by atoms with van der Waals surface area (Å²) < 4.78 is 0. The molecule has 1 fully saturated rings. The Balaban J connectivity index is 2.18. The first kappa shape index (κ1) is 12.6. The van der Waals surface area contributed by atoms with E-state index in [1.165, 1.54) is 12.8 Å². The fraction of sp³-hybridized carbons (Fsp3) is 0.692.